The molecule has 0 aromatic carbocycles. The van der Waals surface area contributed by atoms with Gasteiger partial charge in [0.15, 0.2) is 5.60 Å². The Morgan fingerprint density at radius 3 is 3.20 bits per heavy atom. The van der Waals surface area contributed by atoms with Crippen molar-refractivity contribution in [3.8, 4) is 0 Å². The Balaban J connectivity index is 1.29. The quantitative estimate of drug-likeness (QED) is 0.883. The molecular formula is C17H20N4O3S. The highest BCUT2D eigenvalue weighted by molar-refractivity contribution is 7.09. The number of carbonyl (C=O) groups excluding carboxylic acids is 1. The third kappa shape index (κ3) is 3.59. The largest absolute Gasteiger partial charge is 0.467 e. The molecule has 1 amide bonds. The molecule has 132 valence electrons. The molecule has 0 bridgehead atoms. The lowest BCUT2D eigenvalue weighted by atomic mass is 9.96. The minimum atomic E-state index is -0.373. The standard InChI is InChI=1S/C17H20N4O3S/c1-12-19-13(10-25-12)9-21-5-4-17(11-21)7-15(20-24-17)16(22)18-8-14-3-2-6-23-14/h2-3,6,10H,4-5,7-9,11H2,1H3,(H,18,22)/t17-/m0/s1. The van der Waals surface area contributed by atoms with Crippen LogP contribution >= 0.6 is 11.3 Å². The number of aromatic nitrogens is 1. The first-order chi connectivity index (χ1) is 12.1. The fraction of sp³-hybridized carbons (Fsp3) is 0.471. The lowest BCUT2D eigenvalue weighted by Crippen LogP contribution is -2.36. The van der Waals surface area contributed by atoms with Gasteiger partial charge in [-0.15, -0.1) is 11.3 Å². The summed E-state index contributed by atoms with van der Waals surface area (Å²) < 4.78 is 5.21. The number of oxime groups is 1. The molecule has 1 atom stereocenters. The number of thiazole rings is 1. The average molecular weight is 360 g/mol. The highest BCUT2D eigenvalue weighted by Gasteiger charge is 2.46. The second-order valence-electron chi connectivity index (χ2n) is 6.57. The van der Waals surface area contributed by atoms with Crippen LogP contribution in [0.4, 0.5) is 0 Å². The van der Waals surface area contributed by atoms with Crippen LogP contribution in [-0.4, -0.2) is 40.2 Å². The summed E-state index contributed by atoms with van der Waals surface area (Å²) >= 11 is 1.67. The number of nitrogens with one attached hydrogen (secondary N) is 1. The van der Waals surface area contributed by atoms with E-state index in [0.29, 0.717) is 24.4 Å². The number of hydrogen-bond donors (Lipinski definition) is 1. The minimum absolute atomic E-state index is 0.193. The first kappa shape index (κ1) is 16.3. The van der Waals surface area contributed by atoms with Gasteiger partial charge in [-0.1, -0.05) is 5.16 Å². The molecule has 1 spiro atoms. The van der Waals surface area contributed by atoms with E-state index in [4.69, 9.17) is 9.25 Å². The highest BCUT2D eigenvalue weighted by atomic mass is 32.1. The Labute approximate surface area is 149 Å². The zero-order valence-corrected chi connectivity index (χ0v) is 14.8. The van der Waals surface area contributed by atoms with Crippen molar-refractivity contribution < 1.29 is 14.0 Å². The highest BCUT2D eigenvalue weighted by Crippen LogP contribution is 2.34. The van der Waals surface area contributed by atoms with Gasteiger partial charge in [0.1, 0.15) is 11.5 Å². The number of hydrogen-bond acceptors (Lipinski definition) is 7. The zero-order valence-electron chi connectivity index (χ0n) is 14.0. The number of likely N-dealkylation sites (tertiary alicyclic amines) is 1. The Morgan fingerprint density at radius 1 is 1.52 bits per heavy atom. The molecule has 1 N–H and O–H groups in total. The Bertz CT molecular complexity index is 786. The van der Waals surface area contributed by atoms with Crippen LogP contribution in [0.1, 0.15) is 29.3 Å². The van der Waals surface area contributed by atoms with Crippen LogP contribution in [0.3, 0.4) is 0 Å². The van der Waals surface area contributed by atoms with Crippen molar-refractivity contribution in [3.63, 3.8) is 0 Å². The van der Waals surface area contributed by atoms with Crippen LogP contribution in [0.2, 0.25) is 0 Å². The maximum absolute atomic E-state index is 12.3. The van der Waals surface area contributed by atoms with Crippen molar-refractivity contribution in [3.05, 3.63) is 40.2 Å². The maximum atomic E-state index is 12.3. The van der Waals surface area contributed by atoms with Gasteiger partial charge in [0.05, 0.1) is 23.5 Å². The molecule has 0 aliphatic carbocycles. The van der Waals surface area contributed by atoms with Gasteiger partial charge in [0, 0.05) is 37.9 Å². The molecule has 0 radical (unpaired) electrons. The molecule has 2 aliphatic heterocycles. The molecular weight excluding hydrogens is 340 g/mol. The van der Waals surface area contributed by atoms with Crippen LogP contribution in [0.25, 0.3) is 0 Å². The maximum Gasteiger partial charge on any atom is 0.269 e. The van der Waals surface area contributed by atoms with E-state index in [0.717, 1.165) is 36.8 Å². The molecule has 0 saturated carbocycles. The van der Waals surface area contributed by atoms with Gasteiger partial charge >= 0.3 is 0 Å². The molecule has 2 aliphatic rings. The molecule has 0 unspecified atom stereocenters. The van der Waals surface area contributed by atoms with Gasteiger partial charge < -0.3 is 14.6 Å². The predicted molar refractivity (Wildman–Crippen MR) is 93.2 cm³/mol. The summed E-state index contributed by atoms with van der Waals surface area (Å²) in [6.45, 7) is 4.87. The van der Waals surface area contributed by atoms with Crippen molar-refractivity contribution in [1.29, 1.82) is 0 Å². The molecule has 2 aromatic rings. The van der Waals surface area contributed by atoms with Crippen molar-refractivity contribution in [2.75, 3.05) is 13.1 Å². The molecule has 4 heterocycles. The molecule has 25 heavy (non-hydrogen) atoms. The van der Waals surface area contributed by atoms with Gasteiger partial charge in [-0.25, -0.2) is 4.98 Å². The van der Waals surface area contributed by atoms with E-state index in [1.165, 1.54) is 0 Å². The average Bonchev–Trinajstić information content (AvgIpc) is 3.37. The Morgan fingerprint density at radius 2 is 2.44 bits per heavy atom. The molecule has 1 saturated heterocycles. The SMILES string of the molecule is Cc1nc(CN2CC[C@]3(CC(C(=O)NCc4ccco4)=NO3)C2)cs1. The van der Waals surface area contributed by atoms with Crippen molar-refractivity contribution >= 4 is 23.0 Å². The number of carbonyl (C=O) groups is 1. The Hall–Kier alpha value is -2.19. The second kappa shape index (κ2) is 6.61. The third-order valence-electron chi connectivity index (χ3n) is 4.55. The molecule has 1 fully saturated rings. The predicted octanol–water partition coefficient (Wildman–Crippen LogP) is 2.08. The fourth-order valence-electron chi connectivity index (χ4n) is 3.32. The second-order valence-corrected chi connectivity index (χ2v) is 7.63. The van der Waals surface area contributed by atoms with E-state index in [9.17, 15) is 4.79 Å². The van der Waals surface area contributed by atoms with Crippen molar-refractivity contribution in [1.82, 2.24) is 15.2 Å². The minimum Gasteiger partial charge on any atom is -0.467 e. The van der Waals surface area contributed by atoms with Gasteiger partial charge in [-0.2, -0.15) is 0 Å². The molecule has 2 aromatic heterocycles. The van der Waals surface area contributed by atoms with E-state index in [1.54, 1.807) is 23.7 Å². The van der Waals surface area contributed by atoms with Gasteiger partial charge in [-0.05, 0) is 19.1 Å². The van der Waals surface area contributed by atoms with E-state index < -0.39 is 0 Å². The molecule has 7 nitrogen and oxygen atoms in total. The number of rotatable bonds is 5. The summed E-state index contributed by atoms with van der Waals surface area (Å²) in [5.41, 5.74) is 1.18. The van der Waals surface area contributed by atoms with Crippen LogP contribution in [0.5, 0.6) is 0 Å². The van der Waals surface area contributed by atoms with Crippen LogP contribution in [0, 0.1) is 6.92 Å². The smallest absolute Gasteiger partial charge is 0.269 e. The number of nitrogens with zero attached hydrogens (tertiary/aromatic N) is 3. The van der Waals surface area contributed by atoms with Crippen molar-refractivity contribution in [2.24, 2.45) is 5.16 Å². The topological polar surface area (TPSA) is 80.0 Å². The molecule has 8 heteroatoms. The van der Waals surface area contributed by atoms with Crippen LogP contribution in [-0.2, 0) is 22.7 Å². The van der Waals surface area contributed by atoms with Crippen LogP contribution < -0.4 is 5.32 Å². The summed E-state index contributed by atoms with van der Waals surface area (Å²) in [6.07, 6.45) is 3.00. The number of furan rings is 1. The van der Waals surface area contributed by atoms with Crippen molar-refractivity contribution in [2.45, 2.75) is 38.5 Å². The fourth-order valence-corrected chi connectivity index (χ4v) is 3.92. The van der Waals surface area contributed by atoms with E-state index in [-0.39, 0.29) is 11.5 Å². The molecule has 4 rings (SSSR count). The van der Waals surface area contributed by atoms with Crippen LogP contribution in [0.15, 0.2) is 33.3 Å². The number of aryl methyl sites for hydroxylation is 1. The van der Waals surface area contributed by atoms with E-state index in [2.05, 4.69) is 25.7 Å². The summed E-state index contributed by atoms with van der Waals surface area (Å²) in [7, 11) is 0. The third-order valence-corrected chi connectivity index (χ3v) is 5.37. The normalized spacial score (nSPS) is 23.0. The first-order valence-electron chi connectivity index (χ1n) is 8.31. The van der Waals surface area contributed by atoms with Gasteiger partial charge in [0.25, 0.3) is 5.91 Å². The van der Waals surface area contributed by atoms with Gasteiger partial charge in [0.2, 0.25) is 0 Å². The van der Waals surface area contributed by atoms with E-state index in [1.807, 2.05) is 13.0 Å². The first-order valence-corrected chi connectivity index (χ1v) is 9.19. The lowest BCUT2D eigenvalue weighted by molar-refractivity contribution is -0.115. The summed E-state index contributed by atoms with van der Waals surface area (Å²) in [5, 5.41) is 10.1. The Kier molecular flexibility index (Phi) is 4.30. The lowest BCUT2D eigenvalue weighted by Gasteiger charge is -2.21. The summed E-state index contributed by atoms with van der Waals surface area (Å²) in [5.74, 6) is 0.523. The zero-order chi connectivity index (χ0) is 17.3. The monoisotopic (exact) mass is 360 g/mol. The summed E-state index contributed by atoms with van der Waals surface area (Å²) in [6, 6.07) is 3.62. The number of amides is 1. The van der Waals surface area contributed by atoms with Gasteiger partial charge in [-0.3, -0.25) is 9.69 Å². The summed E-state index contributed by atoms with van der Waals surface area (Å²) in [4.78, 5) is 24.8. The van der Waals surface area contributed by atoms with E-state index >= 15 is 0 Å².